The molecule has 0 aromatic carbocycles. The fraction of sp³-hybridized carbons (Fsp3) is 0.852. The standard InChI is InChI=1S/C27H44O4/c1-17(2)7-6-8-18(3)20-11-12-21-19-9-10-23(25(30)31)27(5,16-14-24(28)29)22(19)13-15-26(20,21)4/h10,17-22H,6-9,11-16H2,1-5H3,(H,28,29)(H,30,31)/t18-,19-,20-,21+,22-,26+,27+/m0/s1. The number of carbonyl (C=O) groups is 2. The Kier molecular flexibility index (Phi) is 7.28. The van der Waals surface area contributed by atoms with Gasteiger partial charge in [-0.1, -0.05) is 60.0 Å². The first-order valence-corrected chi connectivity index (χ1v) is 12.7. The van der Waals surface area contributed by atoms with E-state index in [1.165, 1.54) is 32.1 Å². The van der Waals surface area contributed by atoms with E-state index in [1.54, 1.807) is 0 Å². The van der Waals surface area contributed by atoms with Crippen LogP contribution in [0.4, 0.5) is 0 Å². The van der Waals surface area contributed by atoms with Crippen LogP contribution in [0.25, 0.3) is 0 Å². The SMILES string of the molecule is CC(C)CCC[C@H](C)[C@@H]1CC[C@@H]2[C@@H]3CC=C(C(=O)O)[C@](C)(CCC(=O)O)[C@H]3CC[C@@]21C. The Morgan fingerprint density at radius 3 is 2.39 bits per heavy atom. The summed E-state index contributed by atoms with van der Waals surface area (Å²) >= 11 is 0. The second-order valence-electron chi connectivity index (χ2n) is 11.9. The van der Waals surface area contributed by atoms with E-state index in [1.807, 2.05) is 13.0 Å². The van der Waals surface area contributed by atoms with Gasteiger partial charge in [0.15, 0.2) is 0 Å². The van der Waals surface area contributed by atoms with Gasteiger partial charge >= 0.3 is 11.9 Å². The lowest BCUT2D eigenvalue weighted by Gasteiger charge is -2.56. The number of hydrogen-bond donors (Lipinski definition) is 2. The maximum Gasteiger partial charge on any atom is 0.331 e. The molecule has 31 heavy (non-hydrogen) atoms. The first-order chi connectivity index (χ1) is 14.5. The van der Waals surface area contributed by atoms with Gasteiger partial charge in [0.1, 0.15) is 0 Å². The summed E-state index contributed by atoms with van der Waals surface area (Å²) in [6, 6.07) is 0. The lowest BCUT2D eigenvalue weighted by molar-refractivity contribution is -0.140. The molecule has 0 aromatic heterocycles. The third-order valence-electron chi connectivity index (χ3n) is 9.75. The molecular formula is C27H44O4. The van der Waals surface area contributed by atoms with E-state index in [4.69, 9.17) is 0 Å². The van der Waals surface area contributed by atoms with Crippen LogP contribution < -0.4 is 0 Å². The highest BCUT2D eigenvalue weighted by Gasteiger charge is 2.59. The van der Waals surface area contributed by atoms with Crippen molar-refractivity contribution < 1.29 is 19.8 Å². The number of fused-ring (bicyclic) bond motifs is 3. The minimum absolute atomic E-state index is 0.0434. The lowest BCUT2D eigenvalue weighted by atomic mass is 9.48. The third-order valence-corrected chi connectivity index (χ3v) is 9.75. The molecule has 0 aliphatic heterocycles. The van der Waals surface area contributed by atoms with Crippen molar-refractivity contribution in [2.24, 2.45) is 46.3 Å². The quantitative estimate of drug-likeness (QED) is 0.420. The van der Waals surface area contributed by atoms with E-state index in [0.29, 0.717) is 29.2 Å². The van der Waals surface area contributed by atoms with Crippen LogP contribution in [0.5, 0.6) is 0 Å². The van der Waals surface area contributed by atoms with Gasteiger partial charge in [0.25, 0.3) is 0 Å². The normalized spacial score (nSPS) is 38.3. The minimum atomic E-state index is -0.859. The van der Waals surface area contributed by atoms with Crippen LogP contribution in [0.15, 0.2) is 11.6 Å². The van der Waals surface area contributed by atoms with Crippen molar-refractivity contribution in [3.05, 3.63) is 11.6 Å². The Balaban J connectivity index is 1.80. The number of carboxylic acid groups (broad SMARTS) is 2. The van der Waals surface area contributed by atoms with Gasteiger partial charge in [0.2, 0.25) is 0 Å². The molecular weight excluding hydrogens is 388 g/mol. The van der Waals surface area contributed by atoms with Crippen LogP contribution in [0.2, 0.25) is 0 Å². The summed E-state index contributed by atoms with van der Waals surface area (Å²) in [4.78, 5) is 23.4. The van der Waals surface area contributed by atoms with Crippen LogP contribution in [-0.4, -0.2) is 22.2 Å². The molecule has 0 saturated heterocycles. The predicted octanol–water partition coefficient (Wildman–Crippen LogP) is 6.79. The molecule has 0 heterocycles. The van der Waals surface area contributed by atoms with Crippen LogP contribution in [0, 0.1) is 46.3 Å². The van der Waals surface area contributed by atoms with E-state index >= 15 is 0 Å². The van der Waals surface area contributed by atoms with Crippen LogP contribution >= 0.6 is 0 Å². The van der Waals surface area contributed by atoms with Gasteiger partial charge in [0.05, 0.1) is 0 Å². The Morgan fingerprint density at radius 1 is 1.06 bits per heavy atom. The van der Waals surface area contributed by atoms with E-state index in [9.17, 15) is 19.8 Å². The van der Waals surface area contributed by atoms with Gasteiger partial charge in [-0.3, -0.25) is 4.79 Å². The zero-order valence-corrected chi connectivity index (χ0v) is 20.3. The molecule has 0 spiro atoms. The maximum atomic E-state index is 12.1. The number of aliphatic carboxylic acids is 2. The van der Waals surface area contributed by atoms with E-state index in [0.717, 1.165) is 37.0 Å². The summed E-state index contributed by atoms with van der Waals surface area (Å²) in [6.07, 6.45) is 12.0. The van der Waals surface area contributed by atoms with Crippen molar-refractivity contribution in [3.8, 4) is 0 Å². The highest BCUT2D eigenvalue weighted by atomic mass is 16.4. The monoisotopic (exact) mass is 432 g/mol. The smallest absolute Gasteiger partial charge is 0.331 e. The van der Waals surface area contributed by atoms with Crippen LogP contribution in [-0.2, 0) is 9.59 Å². The number of rotatable bonds is 9. The summed E-state index contributed by atoms with van der Waals surface area (Å²) in [5.41, 5.74) is 0.283. The maximum absolute atomic E-state index is 12.1. The topological polar surface area (TPSA) is 74.6 Å². The molecule has 2 N–H and O–H groups in total. The number of allylic oxidation sites excluding steroid dienone is 1. The highest BCUT2D eigenvalue weighted by molar-refractivity contribution is 5.88. The van der Waals surface area contributed by atoms with Crippen LogP contribution in [0.1, 0.15) is 98.8 Å². The summed E-state index contributed by atoms with van der Waals surface area (Å²) in [5.74, 6) is 2.02. The molecule has 4 heteroatoms. The molecule has 0 amide bonds. The van der Waals surface area contributed by atoms with Gasteiger partial charge < -0.3 is 10.2 Å². The number of carboxylic acids is 2. The van der Waals surface area contributed by atoms with E-state index in [2.05, 4.69) is 27.7 Å². The largest absolute Gasteiger partial charge is 0.481 e. The molecule has 2 fully saturated rings. The molecule has 3 rings (SSSR count). The van der Waals surface area contributed by atoms with Crippen molar-refractivity contribution in [1.29, 1.82) is 0 Å². The molecule has 3 aliphatic rings. The molecule has 2 saturated carbocycles. The minimum Gasteiger partial charge on any atom is -0.481 e. The van der Waals surface area contributed by atoms with Gasteiger partial charge in [-0.15, -0.1) is 0 Å². The van der Waals surface area contributed by atoms with Gasteiger partial charge in [-0.25, -0.2) is 4.79 Å². The Labute approximate surface area is 188 Å². The molecule has 0 radical (unpaired) electrons. The molecule has 0 unspecified atom stereocenters. The molecule has 3 aliphatic carbocycles. The second-order valence-corrected chi connectivity index (χ2v) is 11.9. The van der Waals surface area contributed by atoms with Crippen molar-refractivity contribution in [2.45, 2.75) is 98.8 Å². The molecule has 176 valence electrons. The van der Waals surface area contributed by atoms with Crippen molar-refractivity contribution in [3.63, 3.8) is 0 Å². The van der Waals surface area contributed by atoms with Crippen molar-refractivity contribution in [2.75, 3.05) is 0 Å². The molecule has 0 bridgehead atoms. The summed E-state index contributed by atoms with van der Waals surface area (Å²) in [7, 11) is 0. The molecule has 4 nitrogen and oxygen atoms in total. The average molecular weight is 433 g/mol. The van der Waals surface area contributed by atoms with Gasteiger partial charge in [0, 0.05) is 17.4 Å². The van der Waals surface area contributed by atoms with Gasteiger partial charge in [-0.2, -0.15) is 0 Å². The predicted molar refractivity (Wildman–Crippen MR) is 124 cm³/mol. The van der Waals surface area contributed by atoms with E-state index < -0.39 is 17.4 Å². The Hall–Kier alpha value is -1.32. The molecule has 0 aromatic rings. The first-order valence-electron chi connectivity index (χ1n) is 12.7. The van der Waals surface area contributed by atoms with Gasteiger partial charge in [-0.05, 0) is 79.4 Å². The van der Waals surface area contributed by atoms with Crippen molar-refractivity contribution >= 4 is 11.9 Å². The highest BCUT2D eigenvalue weighted by Crippen LogP contribution is 2.66. The summed E-state index contributed by atoms with van der Waals surface area (Å²) in [6.45, 7) is 11.6. The number of hydrogen-bond acceptors (Lipinski definition) is 2. The average Bonchev–Trinajstić information content (AvgIpc) is 3.03. The van der Waals surface area contributed by atoms with Crippen molar-refractivity contribution in [1.82, 2.24) is 0 Å². The summed E-state index contributed by atoms with van der Waals surface area (Å²) in [5, 5.41) is 19.2. The van der Waals surface area contributed by atoms with E-state index in [-0.39, 0.29) is 12.3 Å². The lowest BCUT2D eigenvalue weighted by Crippen LogP contribution is -2.50. The van der Waals surface area contributed by atoms with Crippen LogP contribution in [0.3, 0.4) is 0 Å². The Bertz CT molecular complexity index is 710. The first kappa shape index (κ1) is 24.3. The Morgan fingerprint density at radius 2 is 1.77 bits per heavy atom. The fourth-order valence-electron chi connectivity index (χ4n) is 8.14. The third kappa shape index (κ3) is 4.59. The summed E-state index contributed by atoms with van der Waals surface area (Å²) < 4.78 is 0. The molecule has 7 atom stereocenters. The zero-order chi connectivity index (χ0) is 23.0. The zero-order valence-electron chi connectivity index (χ0n) is 20.3. The fourth-order valence-corrected chi connectivity index (χ4v) is 8.14. The second kappa shape index (κ2) is 9.27.